The van der Waals surface area contributed by atoms with Crippen LogP contribution in [-0.4, -0.2) is 168 Å². The standard InChI is InChI=1S/C26H55O3P.C26H54O3P.4C12H21O3.Ti/c2*1-3-5-7-9-11-13-15-17-19-21-23-25-28-30(27)29-26-24-22-20-18-16-14-12-10-8-6-4-2;4*1-4-7-14-10-12(6-3,9-13)11-15-8-5-2;/h27H,3-26H2,1-2H3;3-26H2,1-2H3;4*4-5H,1-2,6-11H2,3H3;/q;5*-1;/p+1. The van der Waals surface area contributed by atoms with Crippen LogP contribution in [0.15, 0.2) is 101 Å². The number of aliphatic hydroxyl groups is 1. The van der Waals surface area contributed by atoms with Gasteiger partial charge in [0.15, 0.2) is 0 Å². The van der Waals surface area contributed by atoms with Crippen molar-refractivity contribution in [1.29, 1.82) is 0 Å². The molecule has 1 atom stereocenters. The van der Waals surface area contributed by atoms with E-state index in [0.717, 1.165) is 58.0 Å². The first-order valence-corrected chi connectivity index (χ1v) is 50.2. The van der Waals surface area contributed by atoms with Gasteiger partial charge in [-0.15, -0.1) is 79.1 Å². The summed E-state index contributed by atoms with van der Waals surface area (Å²) in [7, 11) is -3.44. The molecule has 0 heterocycles. The monoisotopic (exact) mass is 1790 g/mol. The molecule has 720 valence electrons. The Kier molecular flexibility index (Phi) is 124. The van der Waals surface area contributed by atoms with Crippen LogP contribution in [-0.2, 0) is 73.2 Å². The summed E-state index contributed by atoms with van der Waals surface area (Å²) < 4.78 is 63.1. The normalized spacial score (nSPS) is 11.6. The summed E-state index contributed by atoms with van der Waals surface area (Å²) in [5.41, 5.74) is -1.64. The molecule has 18 nitrogen and oxygen atoms in total. The van der Waals surface area contributed by atoms with Gasteiger partial charge in [0.05, 0.1) is 134 Å². The van der Waals surface area contributed by atoms with Crippen LogP contribution in [0.4, 0.5) is 0 Å². The van der Waals surface area contributed by atoms with Crippen LogP contribution in [0.3, 0.4) is 0 Å². The molecule has 0 aliphatic heterocycles. The van der Waals surface area contributed by atoms with E-state index in [9.17, 15) is 30.2 Å². The minimum Gasteiger partial charge on any atom is -0.854 e. The van der Waals surface area contributed by atoms with Gasteiger partial charge in [0, 0.05) is 49.8 Å². The van der Waals surface area contributed by atoms with Gasteiger partial charge in [-0.1, -0.05) is 354 Å². The summed E-state index contributed by atoms with van der Waals surface area (Å²) in [5, 5.41) is 44.6. The summed E-state index contributed by atoms with van der Waals surface area (Å²) in [6.45, 7) is 54.5. The van der Waals surface area contributed by atoms with Crippen molar-refractivity contribution in [1.82, 2.24) is 0 Å². The molecule has 0 aromatic heterocycles. The van der Waals surface area contributed by atoms with Crippen LogP contribution in [0, 0.1) is 21.7 Å². The summed E-state index contributed by atoms with van der Waals surface area (Å²) in [6, 6.07) is 0. The average molecular weight is 1790 g/mol. The SMILES string of the molecule is C=CCOCC(CC)(C[O-])COCC=C.C=CCOCC(CC)(C[O-])COCC=C.C=CCOCC(CC)(C[O-])COCC=C.C=CCOCC(CC)(C[O-])COCC=C.CCCCCCCCCCCCCOP(O)[OH+]CCCCCCCCCCCCC.CCCCCCCCCCCCCOP([O-])OCCCCCCCCCCCCC.[Ti]. The van der Waals surface area contributed by atoms with Crippen LogP contribution >= 0.6 is 17.2 Å². The van der Waals surface area contributed by atoms with Crippen LogP contribution in [0.1, 0.15) is 364 Å². The van der Waals surface area contributed by atoms with Gasteiger partial charge in [0.2, 0.25) is 0 Å². The van der Waals surface area contributed by atoms with Crippen molar-refractivity contribution in [2.75, 3.05) is 159 Å². The zero-order valence-corrected chi connectivity index (χ0v) is 83.4. The first kappa shape index (κ1) is 133. The fraction of sp³-hybridized carbons (Fsp3) is 0.840. The van der Waals surface area contributed by atoms with E-state index in [0.29, 0.717) is 126 Å². The molecule has 0 aliphatic carbocycles. The molecule has 0 aromatic carbocycles. The Balaban J connectivity index is -0.000000266. The Morgan fingerprint density at radius 1 is 0.256 bits per heavy atom. The summed E-state index contributed by atoms with van der Waals surface area (Å²) in [4.78, 5) is 21.6. The van der Waals surface area contributed by atoms with E-state index in [1.54, 1.807) is 48.6 Å². The van der Waals surface area contributed by atoms with E-state index >= 15 is 0 Å². The molecule has 0 amide bonds. The molecule has 0 saturated carbocycles. The number of rotatable bonds is 92. The van der Waals surface area contributed by atoms with Crippen LogP contribution in [0.25, 0.3) is 0 Å². The zero-order chi connectivity index (χ0) is 90.2. The maximum Gasteiger partial charge on any atom is 0.533 e. The van der Waals surface area contributed by atoms with E-state index in [2.05, 4.69) is 84.9 Å². The van der Waals surface area contributed by atoms with Crippen LogP contribution in [0.5, 0.6) is 0 Å². The molecule has 0 aliphatic rings. The van der Waals surface area contributed by atoms with Gasteiger partial charge in [-0.25, -0.2) is 0 Å². The average Bonchev–Trinajstić information content (AvgIpc) is 0.909. The Hall–Kier alpha value is -1.23. The number of ether oxygens (including phenoxy) is 8. The molecule has 1 unspecified atom stereocenters. The van der Waals surface area contributed by atoms with Gasteiger partial charge >= 0.3 is 8.60 Å². The van der Waals surface area contributed by atoms with Gasteiger partial charge in [0.1, 0.15) is 6.61 Å². The Morgan fingerprint density at radius 3 is 0.570 bits per heavy atom. The predicted molar refractivity (Wildman–Crippen MR) is 505 cm³/mol. The third kappa shape index (κ3) is 101. The van der Waals surface area contributed by atoms with Crippen molar-refractivity contribution < 1.29 is 108 Å². The second-order valence-electron chi connectivity index (χ2n) is 32.4. The molecule has 0 aromatic rings. The molecule has 2 N–H and O–H groups in total. The second-order valence-corrected chi connectivity index (χ2v) is 34.4. The largest absolute Gasteiger partial charge is 0.854 e. The van der Waals surface area contributed by atoms with Gasteiger partial charge in [-0.3, -0.25) is 9.42 Å². The van der Waals surface area contributed by atoms with Crippen LogP contribution < -0.4 is 25.3 Å². The minimum atomic E-state index is -1.91. The third-order valence-corrected chi connectivity index (χ3v) is 22.8. The van der Waals surface area contributed by atoms with Gasteiger partial charge < -0.3 is 76.8 Å². The molecule has 0 saturated heterocycles. The van der Waals surface area contributed by atoms with Gasteiger partial charge in [-0.2, -0.15) is 0 Å². The van der Waals surface area contributed by atoms with Crippen LogP contribution in [0.2, 0.25) is 0 Å². The van der Waals surface area contributed by atoms with Crippen molar-refractivity contribution in [2.45, 2.75) is 364 Å². The van der Waals surface area contributed by atoms with E-state index in [1.165, 1.54) is 257 Å². The fourth-order valence-corrected chi connectivity index (χ4v) is 13.6. The van der Waals surface area contributed by atoms with E-state index in [4.69, 9.17) is 51.5 Å². The maximum absolute atomic E-state index is 11.7. The molecule has 0 spiro atoms. The zero-order valence-electron chi connectivity index (χ0n) is 80.0. The smallest absolute Gasteiger partial charge is 0.533 e. The molecular formula is C100H194O18P2Ti-4. The van der Waals surface area contributed by atoms with E-state index in [1.807, 2.05) is 27.7 Å². The van der Waals surface area contributed by atoms with E-state index < -0.39 is 38.9 Å². The molecular weight excluding hydrogens is 1600 g/mol. The van der Waals surface area contributed by atoms with Gasteiger partial charge in [0.25, 0.3) is 0 Å². The van der Waals surface area contributed by atoms with Gasteiger partial charge in [-0.05, 0) is 51.4 Å². The second kappa shape index (κ2) is 113. The molecule has 0 rings (SSSR count). The minimum absolute atomic E-state index is 0. The topological polar surface area (TPSA) is 250 Å². The van der Waals surface area contributed by atoms with Crippen molar-refractivity contribution >= 4 is 17.2 Å². The Bertz CT molecular complexity index is 1680. The molecule has 0 fully saturated rings. The number of unbranched alkanes of at least 4 members (excludes halogenated alkanes) is 40. The van der Waals surface area contributed by atoms with Crippen molar-refractivity contribution in [3.63, 3.8) is 0 Å². The molecule has 121 heavy (non-hydrogen) atoms. The van der Waals surface area contributed by atoms with Crippen molar-refractivity contribution in [2.24, 2.45) is 21.7 Å². The summed E-state index contributed by atoms with van der Waals surface area (Å²) in [6.07, 6.45) is 74.9. The molecule has 21 heteroatoms. The Labute approximate surface area is 765 Å². The predicted octanol–water partition coefficient (Wildman–Crippen LogP) is 23.2. The molecule has 0 bridgehead atoms. The van der Waals surface area contributed by atoms with E-state index in [-0.39, 0.29) is 48.1 Å². The quantitative estimate of drug-likeness (QED) is 0.0195. The summed E-state index contributed by atoms with van der Waals surface area (Å²) in [5.74, 6) is 0. The van der Waals surface area contributed by atoms with Crippen molar-refractivity contribution in [3.05, 3.63) is 101 Å². The summed E-state index contributed by atoms with van der Waals surface area (Å²) >= 11 is 0. The maximum atomic E-state index is 11.7. The first-order valence-electron chi connectivity index (χ1n) is 47.9. The number of hydrogen-bond acceptors (Lipinski definition) is 17. The number of hydrogen-bond donors (Lipinski definition) is 1. The third-order valence-electron chi connectivity index (χ3n) is 21.2. The fourth-order valence-electron chi connectivity index (χ4n) is 12.3. The molecule has 0 radical (unpaired) electrons. The Morgan fingerprint density at radius 2 is 0.413 bits per heavy atom. The first-order chi connectivity index (χ1) is 58.6. The van der Waals surface area contributed by atoms with Crippen molar-refractivity contribution in [3.8, 4) is 0 Å².